The van der Waals surface area contributed by atoms with Gasteiger partial charge in [-0.3, -0.25) is 9.59 Å². The zero-order valence-corrected chi connectivity index (χ0v) is 16.3. The Morgan fingerprint density at radius 1 is 1.27 bits per heavy atom. The molecule has 0 aliphatic rings. The molecule has 0 aliphatic heterocycles. The Morgan fingerprint density at radius 3 is 2.77 bits per heavy atom. The second kappa shape index (κ2) is 8.24. The van der Waals surface area contributed by atoms with E-state index < -0.39 is 6.04 Å². The minimum atomic E-state index is -0.678. The molecule has 0 spiro atoms. The summed E-state index contributed by atoms with van der Waals surface area (Å²) in [5.74, 6) is -0.570. The van der Waals surface area contributed by atoms with Crippen LogP contribution >= 0.6 is 27.3 Å². The van der Waals surface area contributed by atoms with E-state index in [1.54, 1.807) is 30.1 Å². The fraction of sp³-hybridized carbons (Fsp3) is 0.176. The van der Waals surface area contributed by atoms with Gasteiger partial charge in [-0.15, -0.1) is 11.3 Å². The Kier molecular flexibility index (Phi) is 5.79. The minimum Gasteiger partial charge on any atom is -0.340 e. The normalized spacial score (nSPS) is 11.8. The van der Waals surface area contributed by atoms with Crippen molar-refractivity contribution >= 4 is 44.8 Å². The van der Waals surface area contributed by atoms with Gasteiger partial charge in [0.15, 0.2) is 0 Å². The lowest BCUT2D eigenvalue weighted by atomic mass is 10.1. The van der Waals surface area contributed by atoms with Gasteiger partial charge in [0.05, 0.1) is 15.2 Å². The van der Waals surface area contributed by atoms with Crippen LogP contribution in [0.5, 0.6) is 0 Å². The molecule has 9 heteroatoms. The maximum Gasteiger partial charge on any atom is 0.262 e. The third-order valence-electron chi connectivity index (χ3n) is 3.61. The molecule has 1 atom stereocenters. The summed E-state index contributed by atoms with van der Waals surface area (Å²) in [4.78, 5) is 29.1. The van der Waals surface area contributed by atoms with Crippen LogP contribution in [-0.4, -0.2) is 32.6 Å². The van der Waals surface area contributed by atoms with E-state index in [0.717, 1.165) is 9.35 Å². The van der Waals surface area contributed by atoms with Crippen LogP contribution in [0.3, 0.4) is 0 Å². The maximum atomic E-state index is 12.5. The van der Waals surface area contributed by atoms with E-state index >= 15 is 0 Å². The van der Waals surface area contributed by atoms with Gasteiger partial charge in [0.2, 0.25) is 5.91 Å². The molecule has 2 heterocycles. The first kappa shape index (κ1) is 18.3. The number of thiophene rings is 1. The zero-order valence-electron chi connectivity index (χ0n) is 13.8. The summed E-state index contributed by atoms with van der Waals surface area (Å²) in [7, 11) is 0. The number of para-hydroxylation sites is 1. The summed E-state index contributed by atoms with van der Waals surface area (Å²) in [6, 6.07) is 10.3. The predicted octanol–water partition coefficient (Wildman–Crippen LogP) is 2.91. The van der Waals surface area contributed by atoms with Crippen molar-refractivity contribution in [1.29, 1.82) is 0 Å². The number of benzene rings is 1. The average molecular weight is 434 g/mol. The Bertz CT molecular complexity index is 910. The molecule has 0 aliphatic carbocycles. The Hall–Kier alpha value is -2.52. The third kappa shape index (κ3) is 4.55. The molecule has 3 rings (SSSR count). The Balaban J connectivity index is 1.65. The highest BCUT2D eigenvalue weighted by Gasteiger charge is 2.18. The van der Waals surface area contributed by atoms with Crippen LogP contribution in [0.25, 0.3) is 0 Å². The van der Waals surface area contributed by atoms with Crippen molar-refractivity contribution in [3.8, 4) is 0 Å². The van der Waals surface area contributed by atoms with E-state index in [2.05, 4.69) is 36.6 Å². The van der Waals surface area contributed by atoms with Crippen molar-refractivity contribution in [3.05, 3.63) is 63.3 Å². The monoisotopic (exact) mass is 433 g/mol. The number of anilines is 1. The number of carbonyl (C=O) groups is 2. The average Bonchev–Trinajstić information content (AvgIpc) is 3.28. The molecule has 0 saturated heterocycles. The highest BCUT2D eigenvalue weighted by atomic mass is 79.9. The zero-order chi connectivity index (χ0) is 18.5. The molecule has 0 radical (unpaired) electrons. The SMILES string of the molecule is CC(NC(=O)c1ccc(Br)s1)C(=O)Nc1ccccc1Cn1cncn1. The van der Waals surface area contributed by atoms with Crippen molar-refractivity contribution in [2.45, 2.75) is 19.5 Å². The van der Waals surface area contributed by atoms with Crippen molar-refractivity contribution in [2.24, 2.45) is 0 Å². The lowest BCUT2D eigenvalue weighted by Gasteiger charge is -2.16. The van der Waals surface area contributed by atoms with E-state index in [-0.39, 0.29) is 11.8 Å². The number of hydrogen-bond acceptors (Lipinski definition) is 5. The van der Waals surface area contributed by atoms with Gasteiger partial charge in [0.1, 0.15) is 18.7 Å². The van der Waals surface area contributed by atoms with Crippen molar-refractivity contribution in [1.82, 2.24) is 20.1 Å². The molecular weight excluding hydrogens is 418 g/mol. The number of amides is 2. The second-order valence-corrected chi connectivity index (χ2v) is 8.00. The van der Waals surface area contributed by atoms with Gasteiger partial charge in [-0.05, 0) is 46.6 Å². The van der Waals surface area contributed by atoms with Gasteiger partial charge in [0.25, 0.3) is 5.91 Å². The summed E-state index contributed by atoms with van der Waals surface area (Å²) in [6.45, 7) is 2.14. The van der Waals surface area contributed by atoms with Crippen LogP contribution in [0, 0.1) is 0 Å². The summed E-state index contributed by atoms with van der Waals surface area (Å²) >= 11 is 4.64. The van der Waals surface area contributed by atoms with Crippen LogP contribution in [-0.2, 0) is 11.3 Å². The van der Waals surface area contributed by atoms with Gasteiger partial charge in [-0.2, -0.15) is 5.10 Å². The lowest BCUT2D eigenvalue weighted by molar-refractivity contribution is -0.117. The van der Waals surface area contributed by atoms with Crippen molar-refractivity contribution in [2.75, 3.05) is 5.32 Å². The second-order valence-electron chi connectivity index (χ2n) is 5.54. The predicted molar refractivity (Wildman–Crippen MR) is 103 cm³/mol. The molecule has 0 saturated carbocycles. The Morgan fingerprint density at radius 2 is 2.08 bits per heavy atom. The molecule has 1 unspecified atom stereocenters. The van der Waals surface area contributed by atoms with Crippen molar-refractivity contribution in [3.63, 3.8) is 0 Å². The van der Waals surface area contributed by atoms with Gasteiger partial charge in [-0.1, -0.05) is 18.2 Å². The first-order chi connectivity index (χ1) is 12.5. The summed E-state index contributed by atoms with van der Waals surface area (Å²) in [6.07, 6.45) is 3.07. The molecule has 2 aromatic heterocycles. The first-order valence-corrected chi connectivity index (χ1v) is 9.41. The standard InChI is InChI=1S/C17H16BrN5O2S/c1-11(21-17(25)14-6-7-15(18)26-14)16(24)22-13-5-3-2-4-12(13)8-23-10-19-9-20-23/h2-7,9-11H,8H2,1H3,(H,21,25)(H,22,24). The van der Waals surface area contributed by atoms with Gasteiger partial charge < -0.3 is 10.6 Å². The summed E-state index contributed by atoms with van der Waals surface area (Å²) in [5, 5.41) is 9.64. The number of halogens is 1. The third-order valence-corrected chi connectivity index (χ3v) is 5.23. The van der Waals surface area contributed by atoms with Gasteiger partial charge >= 0.3 is 0 Å². The smallest absolute Gasteiger partial charge is 0.262 e. The molecule has 1 aromatic carbocycles. The molecule has 26 heavy (non-hydrogen) atoms. The van der Waals surface area contributed by atoms with Crippen LogP contribution < -0.4 is 10.6 Å². The van der Waals surface area contributed by atoms with E-state index in [4.69, 9.17) is 0 Å². The van der Waals surface area contributed by atoms with Crippen LogP contribution in [0.1, 0.15) is 22.2 Å². The summed E-state index contributed by atoms with van der Waals surface area (Å²) in [5.41, 5.74) is 1.57. The highest BCUT2D eigenvalue weighted by Crippen LogP contribution is 2.22. The number of aromatic nitrogens is 3. The molecule has 2 amide bonds. The molecule has 2 N–H and O–H groups in total. The number of nitrogens with one attached hydrogen (secondary N) is 2. The van der Waals surface area contributed by atoms with Gasteiger partial charge in [0, 0.05) is 5.69 Å². The lowest BCUT2D eigenvalue weighted by Crippen LogP contribution is -2.41. The number of nitrogens with zero attached hydrogens (tertiary/aromatic N) is 3. The van der Waals surface area contributed by atoms with Gasteiger partial charge in [-0.25, -0.2) is 9.67 Å². The van der Waals surface area contributed by atoms with E-state index in [0.29, 0.717) is 17.1 Å². The summed E-state index contributed by atoms with van der Waals surface area (Å²) < 4.78 is 2.53. The number of carbonyl (C=O) groups excluding carboxylic acids is 2. The maximum absolute atomic E-state index is 12.5. The van der Waals surface area contributed by atoms with E-state index in [9.17, 15) is 9.59 Å². The minimum absolute atomic E-state index is 0.278. The fourth-order valence-electron chi connectivity index (χ4n) is 2.28. The topological polar surface area (TPSA) is 88.9 Å². The Labute approximate surface area is 162 Å². The van der Waals surface area contributed by atoms with E-state index in [1.165, 1.54) is 17.7 Å². The van der Waals surface area contributed by atoms with E-state index in [1.807, 2.05) is 24.3 Å². The molecule has 0 bridgehead atoms. The molecule has 134 valence electrons. The first-order valence-electron chi connectivity index (χ1n) is 7.80. The van der Waals surface area contributed by atoms with Crippen LogP contribution in [0.15, 0.2) is 52.8 Å². The molecular formula is C17H16BrN5O2S. The molecule has 0 fully saturated rings. The van der Waals surface area contributed by atoms with Crippen LogP contribution in [0.2, 0.25) is 0 Å². The highest BCUT2D eigenvalue weighted by molar-refractivity contribution is 9.11. The van der Waals surface area contributed by atoms with Crippen molar-refractivity contribution < 1.29 is 9.59 Å². The quantitative estimate of drug-likeness (QED) is 0.625. The number of rotatable bonds is 6. The largest absolute Gasteiger partial charge is 0.340 e. The molecule has 7 nitrogen and oxygen atoms in total. The fourth-order valence-corrected chi connectivity index (χ4v) is 3.57. The van der Waals surface area contributed by atoms with Crippen LogP contribution in [0.4, 0.5) is 5.69 Å². The number of hydrogen-bond donors (Lipinski definition) is 2. The molecule has 3 aromatic rings.